The number of aryl methyl sites for hydroxylation is 1. The molecule has 2 heterocycles. The van der Waals surface area contributed by atoms with E-state index < -0.39 is 37.8 Å². The monoisotopic (exact) mass is 324 g/mol. The molecule has 0 aliphatic carbocycles. The highest BCUT2D eigenvalue weighted by atomic mass is 31.2. The number of phosphoric acid groups is 1. The molecule has 21 heavy (non-hydrogen) atoms. The first-order valence-electron chi connectivity index (χ1n) is 5.98. The van der Waals surface area contributed by atoms with Crippen LogP contribution in [-0.2, 0) is 13.8 Å². The number of alkyl halides is 1. The van der Waals surface area contributed by atoms with Crippen LogP contribution in [0.3, 0.4) is 0 Å². The lowest BCUT2D eigenvalue weighted by Crippen LogP contribution is -2.35. The molecule has 118 valence electrons. The Bertz CT molecular complexity index is 695. The van der Waals surface area contributed by atoms with Crippen LogP contribution in [0.2, 0.25) is 0 Å². The molecule has 9 nitrogen and oxygen atoms in total. The average Bonchev–Trinajstić information content (AvgIpc) is 2.74. The Labute approximate surface area is 117 Å². The maximum absolute atomic E-state index is 14.2. The number of hydrogen-bond donors (Lipinski definition) is 3. The first-order valence-corrected chi connectivity index (χ1v) is 7.52. The molecule has 1 aromatic heterocycles. The Morgan fingerprint density at radius 2 is 2.29 bits per heavy atom. The molecule has 0 unspecified atom stereocenters. The molecule has 0 radical (unpaired) electrons. The highest BCUT2D eigenvalue weighted by Gasteiger charge is 2.43. The summed E-state index contributed by atoms with van der Waals surface area (Å²) in [6.07, 6.45) is 0.134. The van der Waals surface area contributed by atoms with Crippen molar-refractivity contribution in [2.75, 3.05) is 6.61 Å². The van der Waals surface area contributed by atoms with Crippen LogP contribution in [0.5, 0.6) is 0 Å². The van der Waals surface area contributed by atoms with Gasteiger partial charge in [-0.1, -0.05) is 0 Å². The number of H-pyrrole nitrogens is 1. The first kappa shape index (κ1) is 16.1. The topological polar surface area (TPSA) is 131 Å². The number of aromatic nitrogens is 2. The Balaban J connectivity index is 2.15. The summed E-state index contributed by atoms with van der Waals surface area (Å²) in [7, 11) is -4.81. The molecule has 2 atom stereocenters. The lowest BCUT2D eigenvalue weighted by molar-refractivity contribution is -0.175. The summed E-state index contributed by atoms with van der Waals surface area (Å²) >= 11 is 0. The van der Waals surface area contributed by atoms with Crippen LogP contribution in [0.25, 0.3) is 0 Å². The van der Waals surface area contributed by atoms with Crippen LogP contribution >= 0.6 is 7.82 Å². The average molecular weight is 324 g/mol. The van der Waals surface area contributed by atoms with Crippen LogP contribution in [0.15, 0.2) is 15.8 Å². The van der Waals surface area contributed by atoms with Crippen molar-refractivity contribution in [3.05, 3.63) is 32.6 Å². The zero-order valence-corrected chi connectivity index (χ0v) is 11.9. The molecule has 3 N–H and O–H groups in total. The number of rotatable bonds is 4. The highest BCUT2D eigenvalue weighted by Crippen LogP contribution is 2.42. The fraction of sp³-hybridized carbons (Fsp3) is 0.600. The van der Waals surface area contributed by atoms with Gasteiger partial charge in [0.15, 0.2) is 0 Å². The summed E-state index contributed by atoms with van der Waals surface area (Å²) in [6.45, 7) is 0.522. The standard InChI is InChI=1S/C10H14FN2O7P/c1-6-4-13(9(15)12-8(6)14)7-2-3-10(11,20-7)5-19-21(16,17)18/h4,7H,2-3,5H2,1H3,(H,12,14,15)(H2,16,17,18)/t7-,10+/m1/s1. The van der Waals surface area contributed by atoms with E-state index >= 15 is 0 Å². The summed E-state index contributed by atoms with van der Waals surface area (Å²) in [4.78, 5) is 42.1. The van der Waals surface area contributed by atoms with Crippen LogP contribution in [0, 0.1) is 6.92 Å². The van der Waals surface area contributed by atoms with E-state index in [2.05, 4.69) is 9.51 Å². The van der Waals surface area contributed by atoms with Crippen molar-refractivity contribution >= 4 is 7.82 Å². The van der Waals surface area contributed by atoms with Crippen molar-refractivity contribution in [3.8, 4) is 0 Å². The smallest absolute Gasteiger partial charge is 0.320 e. The van der Waals surface area contributed by atoms with Gasteiger partial charge < -0.3 is 14.5 Å². The third-order valence-corrected chi connectivity index (χ3v) is 3.48. The van der Waals surface area contributed by atoms with Gasteiger partial charge in [0.05, 0.1) is 0 Å². The van der Waals surface area contributed by atoms with E-state index in [0.717, 1.165) is 4.57 Å². The van der Waals surface area contributed by atoms with Crippen molar-refractivity contribution in [3.63, 3.8) is 0 Å². The van der Waals surface area contributed by atoms with E-state index in [4.69, 9.17) is 14.5 Å². The Hall–Kier alpha value is -1.32. The quantitative estimate of drug-likeness (QED) is 0.661. The third-order valence-electron chi connectivity index (χ3n) is 3.02. The number of nitrogens with one attached hydrogen (secondary N) is 1. The zero-order valence-electron chi connectivity index (χ0n) is 11.0. The van der Waals surface area contributed by atoms with Crippen LogP contribution in [-0.4, -0.2) is 31.8 Å². The molecule has 1 aromatic rings. The summed E-state index contributed by atoms with van der Waals surface area (Å²) in [5.74, 6) is -2.41. The minimum Gasteiger partial charge on any atom is -0.320 e. The molecule has 1 aliphatic rings. The summed E-state index contributed by atoms with van der Waals surface area (Å²) < 4.78 is 34.9. The molecule has 0 amide bonds. The van der Waals surface area contributed by atoms with E-state index in [9.17, 15) is 18.5 Å². The molecule has 0 saturated carbocycles. The maximum Gasteiger partial charge on any atom is 0.469 e. The van der Waals surface area contributed by atoms with Gasteiger partial charge in [-0.25, -0.2) is 13.8 Å². The largest absolute Gasteiger partial charge is 0.469 e. The molecule has 0 bridgehead atoms. The van der Waals surface area contributed by atoms with Gasteiger partial charge in [0.2, 0.25) is 5.85 Å². The molecule has 1 saturated heterocycles. The van der Waals surface area contributed by atoms with Gasteiger partial charge in [-0.15, -0.1) is 0 Å². The number of hydrogen-bond acceptors (Lipinski definition) is 5. The highest BCUT2D eigenvalue weighted by molar-refractivity contribution is 7.46. The van der Waals surface area contributed by atoms with Gasteiger partial charge in [0.25, 0.3) is 5.56 Å². The van der Waals surface area contributed by atoms with Crippen molar-refractivity contribution in [1.82, 2.24) is 9.55 Å². The van der Waals surface area contributed by atoms with Gasteiger partial charge in [-0.2, -0.15) is 0 Å². The second kappa shape index (κ2) is 5.47. The number of ether oxygens (including phenoxy) is 1. The number of aromatic amines is 1. The van der Waals surface area contributed by atoms with Crippen molar-refractivity contribution < 1.29 is 28.0 Å². The minimum atomic E-state index is -4.81. The lowest BCUT2D eigenvalue weighted by atomic mass is 10.2. The van der Waals surface area contributed by atoms with Gasteiger partial charge in [-0.3, -0.25) is 18.9 Å². The van der Waals surface area contributed by atoms with Crippen LogP contribution < -0.4 is 11.2 Å². The Morgan fingerprint density at radius 3 is 2.90 bits per heavy atom. The zero-order chi connectivity index (χ0) is 15.8. The van der Waals surface area contributed by atoms with E-state index in [1.807, 2.05) is 0 Å². The second-order valence-electron chi connectivity index (χ2n) is 4.74. The molecule has 11 heteroatoms. The van der Waals surface area contributed by atoms with E-state index in [0.29, 0.717) is 0 Å². The van der Waals surface area contributed by atoms with Crippen LogP contribution in [0.4, 0.5) is 4.39 Å². The fourth-order valence-corrected chi connectivity index (χ4v) is 2.34. The predicted molar refractivity (Wildman–Crippen MR) is 67.3 cm³/mol. The van der Waals surface area contributed by atoms with Crippen LogP contribution in [0.1, 0.15) is 24.6 Å². The van der Waals surface area contributed by atoms with Crippen molar-refractivity contribution in [2.24, 2.45) is 0 Å². The Morgan fingerprint density at radius 1 is 1.62 bits per heavy atom. The number of halogens is 1. The molecule has 2 rings (SSSR count). The van der Waals surface area contributed by atoms with Crippen molar-refractivity contribution in [1.29, 1.82) is 0 Å². The normalized spacial score (nSPS) is 26.2. The molecular formula is C10H14FN2O7P. The van der Waals surface area contributed by atoms with Gasteiger partial charge in [0, 0.05) is 18.2 Å². The maximum atomic E-state index is 14.2. The SMILES string of the molecule is Cc1cn([C@H]2CC[C@@](F)(COP(=O)(O)O)O2)c(=O)[nH]c1=O. The number of nitrogens with zero attached hydrogens (tertiary/aromatic N) is 1. The minimum absolute atomic E-state index is 0.0897. The molecular weight excluding hydrogens is 310 g/mol. The van der Waals surface area contributed by atoms with Gasteiger partial charge >= 0.3 is 13.5 Å². The molecule has 1 fully saturated rings. The van der Waals surface area contributed by atoms with Gasteiger partial charge in [0.1, 0.15) is 12.8 Å². The molecule has 1 aliphatic heterocycles. The van der Waals surface area contributed by atoms with E-state index in [1.165, 1.54) is 13.1 Å². The Kier molecular flexibility index (Phi) is 4.18. The predicted octanol–water partition coefficient (Wildman–Crippen LogP) is -0.0709. The third kappa shape index (κ3) is 3.86. The van der Waals surface area contributed by atoms with E-state index in [1.54, 1.807) is 0 Å². The van der Waals surface area contributed by atoms with Crippen molar-refractivity contribution in [2.45, 2.75) is 31.8 Å². The lowest BCUT2D eigenvalue weighted by Gasteiger charge is -2.21. The summed E-state index contributed by atoms with van der Waals surface area (Å²) in [6, 6.07) is 0. The first-order chi connectivity index (χ1) is 9.60. The fourth-order valence-electron chi connectivity index (χ4n) is 1.98. The number of phosphoric ester groups is 1. The van der Waals surface area contributed by atoms with E-state index in [-0.39, 0.29) is 18.4 Å². The second-order valence-corrected chi connectivity index (χ2v) is 5.98. The summed E-state index contributed by atoms with van der Waals surface area (Å²) in [5, 5.41) is 0. The van der Waals surface area contributed by atoms with Gasteiger partial charge in [-0.05, 0) is 13.3 Å². The molecule has 0 spiro atoms. The summed E-state index contributed by atoms with van der Waals surface area (Å²) in [5.41, 5.74) is -1.05. The molecule has 0 aromatic carbocycles.